The fourth-order valence-corrected chi connectivity index (χ4v) is 1.01. The maximum Gasteiger partial charge on any atom is 0.331 e. The first-order valence-electron chi connectivity index (χ1n) is 4.32. The number of carbonyl (C=O) groups is 2. The first-order chi connectivity index (χ1) is 5.89. The normalized spacial score (nSPS) is 21.8. The van der Waals surface area contributed by atoms with Gasteiger partial charge in [-0.15, -0.1) is 0 Å². The van der Waals surface area contributed by atoms with Gasteiger partial charge in [-0.3, -0.25) is 4.79 Å². The minimum absolute atomic E-state index is 0.108. The monoisotopic (exact) mass is 182 g/mol. The maximum atomic E-state index is 11.5. The lowest BCUT2D eigenvalue weighted by molar-refractivity contribution is -0.140. The Labute approximate surface area is 77.8 Å². The van der Waals surface area contributed by atoms with Gasteiger partial charge in [-0.25, -0.2) is 4.79 Å². The minimum atomic E-state index is -0.358. The van der Waals surface area contributed by atoms with Gasteiger partial charge in [0.1, 0.15) is 11.9 Å². The highest BCUT2D eigenvalue weighted by Gasteiger charge is 2.26. The van der Waals surface area contributed by atoms with E-state index in [0.717, 1.165) is 0 Å². The quantitative estimate of drug-likeness (QED) is 0.607. The predicted molar refractivity (Wildman–Crippen MR) is 48.1 cm³/mol. The molecule has 1 rings (SSSR count). The van der Waals surface area contributed by atoms with Crippen LogP contribution in [0.1, 0.15) is 27.2 Å². The number of cyclic esters (lactones) is 1. The van der Waals surface area contributed by atoms with Gasteiger partial charge in [-0.2, -0.15) is 0 Å². The molecule has 3 nitrogen and oxygen atoms in total. The highest BCUT2D eigenvalue weighted by atomic mass is 16.5. The van der Waals surface area contributed by atoms with Crippen molar-refractivity contribution in [2.24, 2.45) is 5.41 Å². The van der Waals surface area contributed by atoms with Gasteiger partial charge in [0, 0.05) is 17.9 Å². The molecule has 13 heavy (non-hydrogen) atoms. The summed E-state index contributed by atoms with van der Waals surface area (Å²) in [6.45, 7) is 5.57. The third kappa shape index (κ3) is 2.68. The van der Waals surface area contributed by atoms with E-state index in [1.165, 1.54) is 6.08 Å². The lowest BCUT2D eigenvalue weighted by Crippen LogP contribution is -2.25. The van der Waals surface area contributed by atoms with Gasteiger partial charge in [-0.1, -0.05) is 20.8 Å². The summed E-state index contributed by atoms with van der Waals surface area (Å²) in [5.41, 5.74) is -0.358. The van der Waals surface area contributed by atoms with Crippen molar-refractivity contribution >= 4 is 11.8 Å². The molecule has 0 aromatic heterocycles. The summed E-state index contributed by atoms with van der Waals surface area (Å²) < 4.78 is 4.86. The molecule has 72 valence electrons. The van der Waals surface area contributed by atoms with Crippen LogP contribution in [0, 0.1) is 5.41 Å². The van der Waals surface area contributed by atoms with Crippen LogP contribution >= 0.6 is 0 Å². The largest absolute Gasteiger partial charge is 0.454 e. The molecule has 0 fully saturated rings. The summed E-state index contributed by atoms with van der Waals surface area (Å²) in [4.78, 5) is 22.2. The SMILES string of the molecule is CC(C)(C)C(=O)C[C@H]1C=CC(=O)O1. The fraction of sp³-hybridized carbons (Fsp3) is 0.600. The summed E-state index contributed by atoms with van der Waals surface area (Å²) in [7, 11) is 0. The molecule has 0 aromatic carbocycles. The lowest BCUT2D eigenvalue weighted by Gasteiger charge is -2.18. The van der Waals surface area contributed by atoms with E-state index in [9.17, 15) is 9.59 Å². The van der Waals surface area contributed by atoms with Gasteiger partial charge in [0.05, 0.1) is 0 Å². The van der Waals surface area contributed by atoms with Gasteiger partial charge in [0.15, 0.2) is 0 Å². The second-order valence-electron chi connectivity index (χ2n) is 4.21. The second kappa shape index (κ2) is 3.32. The van der Waals surface area contributed by atoms with Gasteiger partial charge >= 0.3 is 5.97 Å². The van der Waals surface area contributed by atoms with E-state index in [-0.39, 0.29) is 29.7 Å². The number of carbonyl (C=O) groups excluding carboxylic acids is 2. The van der Waals surface area contributed by atoms with E-state index in [1.54, 1.807) is 6.08 Å². The molecule has 0 N–H and O–H groups in total. The van der Waals surface area contributed by atoms with Crippen LogP contribution in [0.4, 0.5) is 0 Å². The Hall–Kier alpha value is -1.12. The van der Waals surface area contributed by atoms with Gasteiger partial charge in [-0.05, 0) is 6.08 Å². The van der Waals surface area contributed by atoms with E-state index in [2.05, 4.69) is 0 Å². The van der Waals surface area contributed by atoms with Crippen molar-refractivity contribution in [1.29, 1.82) is 0 Å². The van der Waals surface area contributed by atoms with Crippen molar-refractivity contribution in [2.75, 3.05) is 0 Å². The molecule has 0 unspecified atom stereocenters. The Balaban J connectivity index is 2.47. The van der Waals surface area contributed by atoms with E-state index in [4.69, 9.17) is 4.74 Å². The van der Waals surface area contributed by atoms with Gasteiger partial charge in [0.25, 0.3) is 0 Å². The Kier molecular flexibility index (Phi) is 2.55. The highest BCUT2D eigenvalue weighted by Crippen LogP contribution is 2.20. The summed E-state index contributed by atoms with van der Waals surface area (Å²) in [5.74, 6) is -0.247. The van der Waals surface area contributed by atoms with Crippen molar-refractivity contribution in [1.82, 2.24) is 0 Å². The number of ketones is 1. The standard InChI is InChI=1S/C10H14O3/c1-10(2,3)8(11)6-7-4-5-9(12)13-7/h4-5,7H,6H2,1-3H3/t7-/m1/s1. The third-order valence-electron chi connectivity index (χ3n) is 1.94. The lowest BCUT2D eigenvalue weighted by atomic mass is 9.88. The Morgan fingerprint density at radius 2 is 2.15 bits per heavy atom. The molecule has 1 aliphatic rings. The number of rotatable bonds is 2. The molecule has 0 spiro atoms. The topological polar surface area (TPSA) is 43.4 Å². The molecule has 0 bridgehead atoms. The first kappa shape index (κ1) is 9.96. The molecule has 1 aliphatic heterocycles. The molecule has 0 aliphatic carbocycles. The van der Waals surface area contributed by atoms with Crippen LogP contribution < -0.4 is 0 Å². The van der Waals surface area contributed by atoms with Crippen molar-refractivity contribution < 1.29 is 14.3 Å². The Morgan fingerprint density at radius 1 is 1.54 bits per heavy atom. The van der Waals surface area contributed by atoms with Crippen LogP contribution in [0.5, 0.6) is 0 Å². The summed E-state index contributed by atoms with van der Waals surface area (Å²) in [5, 5.41) is 0. The number of hydrogen-bond donors (Lipinski definition) is 0. The van der Waals surface area contributed by atoms with Crippen LogP contribution in [0.2, 0.25) is 0 Å². The van der Waals surface area contributed by atoms with Crippen LogP contribution in [-0.4, -0.2) is 17.9 Å². The maximum absolute atomic E-state index is 11.5. The van der Waals surface area contributed by atoms with Crippen molar-refractivity contribution in [3.63, 3.8) is 0 Å². The Bertz CT molecular complexity index is 258. The summed E-state index contributed by atoms with van der Waals surface area (Å²) in [6, 6.07) is 0. The summed E-state index contributed by atoms with van der Waals surface area (Å²) in [6.07, 6.45) is 2.93. The van der Waals surface area contributed by atoms with Gasteiger partial charge < -0.3 is 4.74 Å². The van der Waals surface area contributed by atoms with Crippen LogP contribution in [0.3, 0.4) is 0 Å². The molecule has 1 heterocycles. The predicted octanol–water partition coefficient (Wildman–Crippen LogP) is 1.47. The van der Waals surface area contributed by atoms with E-state index < -0.39 is 0 Å². The first-order valence-corrected chi connectivity index (χ1v) is 4.32. The van der Waals surface area contributed by atoms with E-state index >= 15 is 0 Å². The smallest absolute Gasteiger partial charge is 0.331 e. The molecule has 0 amide bonds. The zero-order valence-corrected chi connectivity index (χ0v) is 8.16. The molecule has 3 heteroatoms. The minimum Gasteiger partial charge on any atom is -0.454 e. The third-order valence-corrected chi connectivity index (χ3v) is 1.94. The van der Waals surface area contributed by atoms with Crippen LogP contribution in [0.25, 0.3) is 0 Å². The molecular formula is C10H14O3. The highest BCUT2D eigenvalue weighted by molar-refractivity contribution is 5.88. The molecular weight excluding hydrogens is 168 g/mol. The molecule has 0 radical (unpaired) electrons. The van der Waals surface area contributed by atoms with Crippen molar-refractivity contribution in [3.8, 4) is 0 Å². The summed E-state index contributed by atoms with van der Waals surface area (Å²) >= 11 is 0. The fourth-order valence-electron chi connectivity index (χ4n) is 1.01. The zero-order valence-electron chi connectivity index (χ0n) is 8.16. The van der Waals surface area contributed by atoms with Gasteiger partial charge in [0.2, 0.25) is 0 Å². The van der Waals surface area contributed by atoms with Crippen LogP contribution in [-0.2, 0) is 14.3 Å². The average molecular weight is 182 g/mol. The number of Topliss-reactive ketones (excluding diaryl/α,β-unsaturated/α-hetero) is 1. The zero-order chi connectivity index (χ0) is 10.1. The number of hydrogen-bond acceptors (Lipinski definition) is 3. The second-order valence-corrected chi connectivity index (χ2v) is 4.21. The molecule has 0 saturated heterocycles. The van der Waals surface area contributed by atoms with Crippen LogP contribution in [0.15, 0.2) is 12.2 Å². The average Bonchev–Trinajstić information content (AvgIpc) is 2.33. The number of ether oxygens (including phenoxy) is 1. The van der Waals surface area contributed by atoms with E-state index in [0.29, 0.717) is 0 Å². The molecule has 0 saturated carbocycles. The van der Waals surface area contributed by atoms with Crippen molar-refractivity contribution in [3.05, 3.63) is 12.2 Å². The Morgan fingerprint density at radius 3 is 2.54 bits per heavy atom. The van der Waals surface area contributed by atoms with E-state index in [1.807, 2.05) is 20.8 Å². The number of esters is 1. The molecule has 1 atom stereocenters. The molecule has 0 aromatic rings. The van der Waals surface area contributed by atoms with Crippen molar-refractivity contribution in [2.45, 2.75) is 33.3 Å².